The van der Waals surface area contributed by atoms with Crippen molar-refractivity contribution in [3.8, 4) is 5.75 Å². The van der Waals surface area contributed by atoms with Crippen LogP contribution >= 0.6 is 11.6 Å². The molecule has 0 saturated heterocycles. The van der Waals surface area contributed by atoms with Crippen molar-refractivity contribution in [2.24, 2.45) is 0 Å². The second-order valence-electron chi connectivity index (χ2n) is 4.42. The summed E-state index contributed by atoms with van der Waals surface area (Å²) in [6.07, 6.45) is 0. The van der Waals surface area contributed by atoms with Gasteiger partial charge in [-0.25, -0.2) is 4.98 Å². The summed E-state index contributed by atoms with van der Waals surface area (Å²) in [5, 5.41) is 3.88. The first-order valence-electron chi connectivity index (χ1n) is 6.10. The van der Waals surface area contributed by atoms with Gasteiger partial charge in [0.2, 0.25) is 0 Å². The molecule has 0 amide bonds. The number of hydrogen-bond acceptors (Lipinski definition) is 3. The first-order chi connectivity index (χ1) is 9.10. The summed E-state index contributed by atoms with van der Waals surface area (Å²) in [5.41, 5.74) is 4.23. The quantitative estimate of drug-likeness (QED) is 0.858. The van der Waals surface area contributed by atoms with Gasteiger partial charge >= 0.3 is 0 Å². The molecule has 0 spiro atoms. The Bertz CT molecular complexity index is 584. The van der Waals surface area contributed by atoms with E-state index in [2.05, 4.69) is 22.4 Å². The Morgan fingerprint density at radius 3 is 2.63 bits per heavy atom. The van der Waals surface area contributed by atoms with Gasteiger partial charge in [0.15, 0.2) is 0 Å². The molecule has 1 aromatic carbocycles. The zero-order valence-electron chi connectivity index (χ0n) is 11.3. The number of hydrogen-bond donors (Lipinski definition) is 1. The molecule has 100 valence electrons. The Labute approximate surface area is 118 Å². The summed E-state index contributed by atoms with van der Waals surface area (Å²) in [5.74, 6) is 0.910. The van der Waals surface area contributed by atoms with Crippen LogP contribution in [0.15, 0.2) is 30.3 Å². The van der Waals surface area contributed by atoms with Gasteiger partial charge in [-0.3, -0.25) is 0 Å². The molecule has 1 N–H and O–H groups in total. The molecule has 0 bridgehead atoms. The fraction of sp³-hybridized carbons (Fsp3) is 0.267. The summed E-state index contributed by atoms with van der Waals surface area (Å²) >= 11 is 5.84. The summed E-state index contributed by atoms with van der Waals surface area (Å²) in [6, 6.07) is 9.89. The normalized spacial score (nSPS) is 10.3. The van der Waals surface area contributed by atoms with E-state index in [1.54, 1.807) is 13.2 Å². The van der Waals surface area contributed by atoms with E-state index in [0.717, 1.165) is 29.2 Å². The van der Waals surface area contributed by atoms with Crippen LogP contribution in [0.1, 0.15) is 16.8 Å². The molecule has 0 atom stereocenters. The SMILES string of the molecule is COc1ccc(CNc2ccc(Cl)nc2C)cc1C. The second-order valence-corrected chi connectivity index (χ2v) is 4.81. The minimum atomic E-state index is 0.517. The van der Waals surface area contributed by atoms with Crippen molar-refractivity contribution in [2.45, 2.75) is 20.4 Å². The van der Waals surface area contributed by atoms with Gasteiger partial charge in [0, 0.05) is 6.54 Å². The van der Waals surface area contributed by atoms with Crippen molar-refractivity contribution in [3.63, 3.8) is 0 Å². The Balaban J connectivity index is 2.08. The molecular formula is C15H17ClN2O. The molecule has 1 aromatic heterocycles. The van der Waals surface area contributed by atoms with Gasteiger partial charge in [-0.2, -0.15) is 0 Å². The maximum absolute atomic E-state index is 5.84. The molecule has 0 aliphatic carbocycles. The third-order valence-corrected chi connectivity index (χ3v) is 3.20. The number of benzene rings is 1. The van der Waals surface area contributed by atoms with Crippen LogP contribution in [0.25, 0.3) is 0 Å². The third-order valence-electron chi connectivity index (χ3n) is 2.99. The van der Waals surface area contributed by atoms with Crippen molar-refractivity contribution >= 4 is 17.3 Å². The molecule has 3 nitrogen and oxygen atoms in total. The lowest BCUT2D eigenvalue weighted by molar-refractivity contribution is 0.411. The Morgan fingerprint density at radius 1 is 1.21 bits per heavy atom. The average Bonchev–Trinajstić information content (AvgIpc) is 2.38. The van der Waals surface area contributed by atoms with Crippen LogP contribution in [-0.2, 0) is 6.54 Å². The zero-order chi connectivity index (χ0) is 13.8. The van der Waals surface area contributed by atoms with Gasteiger partial charge in [0.1, 0.15) is 10.9 Å². The zero-order valence-corrected chi connectivity index (χ0v) is 12.1. The van der Waals surface area contributed by atoms with E-state index in [9.17, 15) is 0 Å². The summed E-state index contributed by atoms with van der Waals surface area (Å²) in [6.45, 7) is 4.72. The third kappa shape index (κ3) is 3.38. The van der Waals surface area contributed by atoms with Gasteiger partial charge in [-0.05, 0) is 43.2 Å². The van der Waals surface area contributed by atoms with Crippen molar-refractivity contribution in [3.05, 3.63) is 52.3 Å². The molecule has 2 aromatic rings. The molecule has 0 radical (unpaired) electrons. The van der Waals surface area contributed by atoms with E-state index < -0.39 is 0 Å². The number of halogens is 1. The average molecular weight is 277 g/mol. The smallest absolute Gasteiger partial charge is 0.129 e. The van der Waals surface area contributed by atoms with E-state index in [1.807, 2.05) is 26.0 Å². The molecule has 0 fully saturated rings. The van der Waals surface area contributed by atoms with Gasteiger partial charge in [0.05, 0.1) is 18.5 Å². The van der Waals surface area contributed by atoms with Gasteiger partial charge < -0.3 is 10.1 Å². The number of aryl methyl sites for hydroxylation is 2. The minimum absolute atomic E-state index is 0.517. The number of rotatable bonds is 4. The van der Waals surface area contributed by atoms with Gasteiger partial charge in [0.25, 0.3) is 0 Å². The number of nitrogens with zero attached hydrogens (tertiary/aromatic N) is 1. The lowest BCUT2D eigenvalue weighted by atomic mass is 10.1. The molecule has 0 unspecified atom stereocenters. The highest BCUT2D eigenvalue weighted by molar-refractivity contribution is 6.29. The molecule has 4 heteroatoms. The van der Waals surface area contributed by atoms with Crippen molar-refractivity contribution in [1.29, 1.82) is 0 Å². The van der Waals surface area contributed by atoms with Crippen LogP contribution in [0.3, 0.4) is 0 Å². The number of anilines is 1. The number of ether oxygens (including phenoxy) is 1. The largest absolute Gasteiger partial charge is 0.496 e. The predicted octanol–water partition coefficient (Wildman–Crippen LogP) is 3.97. The minimum Gasteiger partial charge on any atom is -0.496 e. The van der Waals surface area contributed by atoms with E-state index in [1.165, 1.54) is 5.56 Å². The van der Waals surface area contributed by atoms with Crippen LogP contribution in [-0.4, -0.2) is 12.1 Å². The molecular weight excluding hydrogens is 260 g/mol. The lowest BCUT2D eigenvalue weighted by Gasteiger charge is -2.11. The second kappa shape index (κ2) is 5.93. The monoisotopic (exact) mass is 276 g/mol. The maximum Gasteiger partial charge on any atom is 0.129 e. The first kappa shape index (κ1) is 13.7. The first-order valence-corrected chi connectivity index (χ1v) is 6.48. The Kier molecular flexibility index (Phi) is 4.27. The summed E-state index contributed by atoms with van der Waals surface area (Å²) in [4.78, 5) is 4.21. The van der Waals surface area contributed by atoms with Crippen LogP contribution in [0.2, 0.25) is 5.15 Å². The summed E-state index contributed by atoms with van der Waals surface area (Å²) < 4.78 is 5.25. The topological polar surface area (TPSA) is 34.1 Å². The number of methoxy groups -OCH3 is 1. The highest BCUT2D eigenvalue weighted by Crippen LogP contribution is 2.20. The van der Waals surface area contributed by atoms with Crippen LogP contribution < -0.4 is 10.1 Å². The summed E-state index contributed by atoms with van der Waals surface area (Å²) in [7, 11) is 1.68. The number of pyridine rings is 1. The van der Waals surface area contributed by atoms with E-state index in [4.69, 9.17) is 16.3 Å². The number of nitrogens with one attached hydrogen (secondary N) is 1. The molecule has 2 rings (SSSR count). The fourth-order valence-corrected chi connectivity index (χ4v) is 2.15. The predicted molar refractivity (Wildman–Crippen MR) is 79.0 cm³/mol. The molecule has 0 aliphatic rings. The fourth-order valence-electron chi connectivity index (χ4n) is 1.97. The van der Waals surface area contributed by atoms with Gasteiger partial charge in [-0.1, -0.05) is 23.7 Å². The molecule has 19 heavy (non-hydrogen) atoms. The standard InChI is InChI=1S/C15H17ClN2O/c1-10-8-12(4-6-14(10)19-3)9-17-13-5-7-15(16)18-11(13)2/h4-8,17H,9H2,1-3H3. The molecule has 0 saturated carbocycles. The van der Waals surface area contributed by atoms with Crippen molar-refractivity contribution in [1.82, 2.24) is 4.98 Å². The van der Waals surface area contributed by atoms with E-state index in [-0.39, 0.29) is 0 Å². The molecule has 0 aliphatic heterocycles. The highest BCUT2D eigenvalue weighted by Gasteiger charge is 2.02. The molecule has 1 heterocycles. The van der Waals surface area contributed by atoms with Gasteiger partial charge in [-0.15, -0.1) is 0 Å². The van der Waals surface area contributed by atoms with Crippen LogP contribution in [0.5, 0.6) is 5.75 Å². The number of aromatic nitrogens is 1. The van der Waals surface area contributed by atoms with Crippen molar-refractivity contribution < 1.29 is 4.74 Å². The van der Waals surface area contributed by atoms with Crippen molar-refractivity contribution in [2.75, 3.05) is 12.4 Å². The lowest BCUT2D eigenvalue weighted by Crippen LogP contribution is -2.02. The maximum atomic E-state index is 5.84. The Hall–Kier alpha value is -1.74. The Morgan fingerprint density at radius 2 is 2.00 bits per heavy atom. The van der Waals surface area contributed by atoms with Crippen LogP contribution in [0.4, 0.5) is 5.69 Å². The van der Waals surface area contributed by atoms with E-state index >= 15 is 0 Å². The van der Waals surface area contributed by atoms with Crippen LogP contribution in [0, 0.1) is 13.8 Å². The van der Waals surface area contributed by atoms with E-state index in [0.29, 0.717) is 5.15 Å². The highest BCUT2D eigenvalue weighted by atomic mass is 35.5.